The molecule has 0 aromatic carbocycles. The second kappa shape index (κ2) is 11.5. The van der Waals surface area contributed by atoms with Gasteiger partial charge in [0, 0.05) is 32.2 Å². The summed E-state index contributed by atoms with van der Waals surface area (Å²) in [6.45, 7) is 7.96. The van der Waals surface area contributed by atoms with Crippen LogP contribution >= 0.6 is 24.0 Å². The molecule has 0 radical (unpaired) electrons. The number of nitrogens with zero attached hydrogens (tertiary/aromatic N) is 2. The number of guanidine groups is 1. The van der Waals surface area contributed by atoms with Crippen LogP contribution in [0.5, 0.6) is 0 Å². The van der Waals surface area contributed by atoms with Crippen LogP contribution in [0, 0.1) is 5.92 Å². The highest BCUT2D eigenvalue weighted by Gasteiger charge is 2.14. The van der Waals surface area contributed by atoms with Gasteiger partial charge in [0.25, 0.3) is 0 Å². The maximum atomic E-state index is 6.04. The van der Waals surface area contributed by atoms with Gasteiger partial charge in [-0.15, -0.1) is 24.0 Å². The van der Waals surface area contributed by atoms with Crippen LogP contribution in [-0.4, -0.2) is 56.3 Å². The lowest BCUT2D eigenvalue weighted by molar-refractivity contribution is 0.0323. The summed E-state index contributed by atoms with van der Waals surface area (Å²) in [5.41, 5.74) is 6.04. The molecule has 0 bridgehead atoms. The molecule has 1 heterocycles. The summed E-state index contributed by atoms with van der Waals surface area (Å²) in [5.74, 6) is 1.17. The van der Waals surface area contributed by atoms with Gasteiger partial charge in [-0.2, -0.15) is 0 Å². The number of rotatable bonds is 5. The van der Waals surface area contributed by atoms with Gasteiger partial charge in [-0.05, 0) is 18.8 Å². The first-order chi connectivity index (χ1) is 10.2. The summed E-state index contributed by atoms with van der Waals surface area (Å²) in [6, 6.07) is 0.533. The lowest BCUT2D eigenvalue weighted by Gasteiger charge is -2.28. The third-order valence-corrected chi connectivity index (χ3v) is 4.45. The molecule has 1 saturated carbocycles. The van der Waals surface area contributed by atoms with Crippen molar-refractivity contribution in [2.45, 2.75) is 51.5 Å². The van der Waals surface area contributed by atoms with E-state index in [2.05, 4.69) is 22.1 Å². The van der Waals surface area contributed by atoms with Gasteiger partial charge in [0.15, 0.2) is 5.96 Å². The second-order valence-electron chi connectivity index (χ2n) is 6.58. The topological polar surface area (TPSA) is 62.9 Å². The minimum Gasteiger partial charge on any atom is -0.379 e. The van der Waals surface area contributed by atoms with Crippen molar-refractivity contribution >= 4 is 29.9 Å². The summed E-state index contributed by atoms with van der Waals surface area (Å²) >= 11 is 0. The number of hydrogen-bond donors (Lipinski definition) is 2. The van der Waals surface area contributed by atoms with Gasteiger partial charge in [0.1, 0.15) is 0 Å². The Labute approximate surface area is 152 Å². The zero-order valence-corrected chi connectivity index (χ0v) is 16.3. The third kappa shape index (κ3) is 7.97. The molecule has 0 amide bonds. The highest BCUT2D eigenvalue weighted by atomic mass is 127. The predicted molar refractivity (Wildman–Crippen MR) is 103 cm³/mol. The number of hydrogen-bond acceptors (Lipinski definition) is 3. The lowest BCUT2D eigenvalue weighted by atomic mass is 10.1. The highest BCUT2D eigenvalue weighted by molar-refractivity contribution is 14.0. The normalized spacial score (nSPS) is 23.4. The number of morpholine rings is 1. The van der Waals surface area contributed by atoms with Crippen molar-refractivity contribution in [2.75, 3.05) is 39.4 Å². The zero-order valence-electron chi connectivity index (χ0n) is 13.9. The zero-order chi connectivity index (χ0) is 14.9. The Morgan fingerprint density at radius 3 is 2.50 bits per heavy atom. The van der Waals surface area contributed by atoms with Crippen LogP contribution in [0.4, 0.5) is 0 Å². The van der Waals surface area contributed by atoms with Crippen LogP contribution in [0.25, 0.3) is 0 Å². The molecule has 0 aromatic heterocycles. The van der Waals surface area contributed by atoms with Crippen LogP contribution < -0.4 is 11.1 Å². The van der Waals surface area contributed by atoms with Gasteiger partial charge in [-0.1, -0.05) is 32.6 Å². The molecule has 6 heteroatoms. The van der Waals surface area contributed by atoms with Crippen molar-refractivity contribution in [1.82, 2.24) is 10.2 Å². The Bertz CT molecular complexity index is 313. The molecule has 1 aliphatic heterocycles. The highest BCUT2D eigenvalue weighted by Crippen LogP contribution is 2.16. The average molecular weight is 424 g/mol. The SMILES string of the molecule is CC(CN=C(N)NC1CCCCCC1)CN1CCOCC1.I. The van der Waals surface area contributed by atoms with Gasteiger partial charge < -0.3 is 15.8 Å². The predicted octanol–water partition coefficient (Wildman–Crippen LogP) is 2.20. The van der Waals surface area contributed by atoms with E-state index in [9.17, 15) is 0 Å². The molecule has 2 aliphatic rings. The molecule has 1 aliphatic carbocycles. The van der Waals surface area contributed by atoms with Crippen molar-refractivity contribution in [3.05, 3.63) is 0 Å². The molecule has 1 saturated heterocycles. The van der Waals surface area contributed by atoms with Crippen LogP contribution in [-0.2, 0) is 4.74 Å². The summed E-state index contributed by atoms with van der Waals surface area (Å²) in [4.78, 5) is 7.00. The molecule has 2 rings (SSSR count). The molecule has 22 heavy (non-hydrogen) atoms. The number of ether oxygens (including phenoxy) is 1. The third-order valence-electron chi connectivity index (χ3n) is 4.45. The number of nitrogens with two attached hydrogens (primary N) is 1. The quantitative estimate of drug-likeness (QED) is 0.308. The van der Waals surface area contributed by atoms with E-state index in [1.807, 2.05) is 0 Å². The maximum absolute atomic E-state index is 6.04. The van der Waals surface area contributed by atoms with Crippen LogP contribution in [0.2, 0.25) is 0 Å². The van der Waals surface area contributed by atoms with Gasteiger partial charge in [0.2, 0.25) is 0 Å². The van der Waals surface area contributed by atoms with E-state index >= 15 is 0 Å². The molecular formula is C16H33IN4O. The van der Waals surface area contributed by atoms with E-state index in [1.165, 1.54) is 38.5 Å². The van der Waals surface area contributed by atoms with Crippen molar-refractivity contribution < 1.29 is 4.74 Å². The fourth-order valence-electron chi connectivity index (χ4n) is 3.21. The Balaban J connectivity index is 0.00000242. The average Bonchev–Trinajstić information content (AvgIpc) is 2.75. The minimum absolute atomic E-state index is 0. The molecule has 0 spiro atoms. The van der Waals surface area contributed by atoms with E-state index in [-0.39, 0.29) is 24.0 Å². The van der Waals surface area contributed by atoms with Crippen LogP contribution in [0.15, 0.2) is 4.99 Å². The van der Waals surface area contributed by atoms with E-state index in [0.717, 1.165) is 39.4 Å². The van der Waals surface area contributed by atoms with Crippen molar-refractivity contribution in [1.29, 1.82) is 0 Å². The molecule has 130 valence electrons. The first-order valence-corrected chi connectivity index (χ1v) is 8.60. The summed E-state index contributed by atoms with van der Waals surface area (Å²) in [5, 5.41) is 3.41. The minimum atomic E-state index is 0. The molecule has 1 unspecified atom stereocenters. The Hall–Kier alpha value is -0.0800. The molecule has 1 atom stereocenters. The molecular weight excluding hydrogens is 391 g/mol. The second-order valence-corrected chi connectivity index (χ2v) is 6.58. The fourth-order valence-corrected chi connectivity index (χ4v) is 3.21. The van der Waals surface area contributed by atoms with E-state index in [0.29, 0.717) is 17.9 Å². The summed E-state index contributed by atoms with van der Waals surface area (Å²) in [7, 11) is 0. The number of aliphatic imine (C=N–C) groups is 1. The smallest absolute Gasteiger partial charge is 0.188 e. The maximum Gasteiger partial charge on any atom is 0.188 e. The largest absolute Gasteiger partial charge is 0.379 e. The van der Waals surface area contributed by atoms with Gasteiger partial charge >= 0.3 is 0 Å². The first kappa shape index (κ1) is 20.0. The van der Waals surface area contributed by atoms with Gasteiger partial charge in [-0.3, -0.25) is 9.89 Å². The van der Waals surface area contributed by atoms with Crippen molar-refractivity contribution in [3.63, 3.8) is 0 Å². The van der Waals surface area contributed by atoms with Gasteiger partial charge in [0.05, 0.1) is 13.2 Å². The van der Waals surface area contributed by atoms with Crippen molar-refractivity contribution in [2.24, 2.45) is 16.6 Å². The molecule has 3 N–H and O–H groups in total. The molecule has 0 aromatic rings. The Morgan fingerprint density at radius 1 is 1.23 bits per heavy atom. The molecule has 2 fully saturated rings. The Morgan fingerprint density at radius 2 is 1.86 bits per heavy atom. The summed E-state index contributed by atoms with van der Waals surface area (Å²) in [6.07, 6.45) is 7.84. The molecule has 5 nitrogen and oxygen atoms in total. The van der Waals surface area contributed by atoms with E-state index < -0.39 is 0 Å². The lowest BCUT2D eigenvalue weighted by Crippen LogP contribution is -2.41. The fraction of sp³-hybridized carbons (Fsp3) is 0.938. The van der Waals surface area contributed by atoms with Crippen LogP contribution in [0.3, 0.4) is 0 Å². The number of halogens is 1. The van der Waals surface area contributed by atoms with Crippen molar-refractivity contribution in [3.8, 4) is 0 Å². The van der Waals surface area contributed by atoms with E-state index in [4.69, 9.17) is 10.5 Å². The van der Waals surface area contributed by atoms with Gasteiger partial charge in [-0.25, -0.2) is 0 Å². The monoisotopic (exact) mass is 424 g/mol. The van der Waals surface area contributed by atoms with Crippen LogP contribution in [0.1, 0.15) is 45.4 Å². The summed E-state index contributed by atoms with van der Waals surface area (Å²) < 4.78 is 5.38. The van der Waals surface area contributed by atoms with E-state index in [1.54, 1.807) is 0 Å². The number of nitrogens with one attached hydrogen (secondary N) is 1. The Kier molecular flexibility index (Phi) is 10.4. The standard InChI is InChI=1S/C16H32N4O.HI/c1-14(13-20-8-10-21-11-9-20)12-18-16(17)19-15-6-4-2-3-5-7-15;/h14-15H,2-13H2,1H3,(H3,17,18,19);1H. The first-order valence-electron chi connectivity index (χ1n) is 8.60.